The van der Waals surface area contributed by atoms with E-state index in [1.807, 2.05) is 54.6 Å². The molecule has 0 aromatic heterocycles. The number of carbonyl (C=O) groups is 1. The highest BCUT2D eigenvalue weighted by Gasteiger charge is 2.25. The summed E-state index contributed by atoms with van der Waals surface area (Å²) < 4.78 is 25.4. The van der Waals surface area contributed by atoms with E-state index in [0.717, 1.165) is 30.2 Å². The van der Waals surface area contributed by atoms with Crippen molar-refractivity contribution in [3.05, 3.63) is 54.6 Å². The number of hydrogen-bond acceptors (Lipinski definition) is 3. The van der Waals surface area contributed by atoms with Crippen molar-refractivity contribution in [3.63, 3.8) is 0 Å². The van der Waals surface area contributed by atoms with E-state index >= 15 is 0 Å². The van der Waals surface area contributed by atoms with E-state index < -0.39 is 10.0 Å². The molecular formula is C19H23N3O3S. The van der Waals surface area contributed by atoms with Gasteiger partial charge in [-0.15, -0.1) is 0 Å². The minimum absolute atomic E-state index is 0.211. The van der Waals surface area contributed by atoms with Crippen LogP contribution in [0.4, 0.5) is 10.5 Å². The number of sulfonamides is 1. The fraction of sp³-hybridized carbons (Fsp3) is 0.316. The summed E-state index contributed by atoms with van der Waals surface area (Å²) in [5.74, 6) is 0. The normalized spacial score (nSPS) is 17.7. The van der Waals surface area contributed by atoms with Gasteiger partial charge in [-0.25, -0.2) is 17.9 Å². The number of benzene rings is 2. The first-order chi connectivity index (χ1) is 12.4. The Hall–Kier alpha value is -2.38. The summed E-state index contributed by atoms with van der Waals surface area (Å²) >= 11 is 0. The highest BCUT2D eigenvalue weighted by Crippen LogP contribution is 2.21. The standard InChI is InChI=1S/C19H23N3O3S/c1-26(24,25)21-18-8-5-13-22(14-18)19(23)20-17-11-9-16(10-12-17)15-6-3-2-4-7-15/h2-4,6-7,9-12,18,21H,5,8,13-14H2,1H3,(H,20,23)/t18-/m1/s1. The van der Waals surface area contributed by atoms with Gasteiger partial charge < -0.3 is 10.2 Å². The highest BCUT2D eigenvalue weighted by atomic mass is 32.2. The van der Waals surface area contributed by atoms with E-state index in [2.05, 4.69) is 10.0 Å². The van der Waals surface area contributed by atoms with Gasteiger partial charge in [-0.05, 0) is 36.1 Å². The van der Waals surface area contributed by atoms with Gasteiger partial charge in [0, 0.05) is 24.8 Å². The number of nitrogens with one attached hydrogen (secondary N) is 2. The first-order valence-corrected chi connectivity index (χ1v) is 10.5. The number of likely N-dealkylation sites (tertiary alicyclic amines) is 1. The van der Waals surface area contributed by atoms with Crippen molar-refractivity contribution in [3.8, 4) is 11.1 Å². The average Bonchev–Trinajstić information content (AvgIpc) is 2.62. The first-order valence-electron chi connectivity index (χ1n) is 8.59. The zero-order valence-electron chi connectivity index (χ0n) is 14.7. The Morgan fingerprint density at radius 2 is 1.69 bits per heavy atom. The number of carbonyl (C=O) groups excluding carboxylic acids is 1. The third-order valence-electron chi connectivity index (χ3n) is 4.33. The number of nitrogens with zero attached hydrogens (tertiary/aromatic N) is 1. The molecule has 7 heteroatoms. The van der Waals surface area contributed by atoms with Crippen LogP contribution in [0.2, 0.25) is 0 Å². The average molecular weight is 373 g/mol. The van der Waals surface area contributed by atoms with Crippen molar-refractivity contribution in [1.82, 2.24) is 9.62 Å². The van der Waals surface area contributed by atoms with E-state index in [9.17, 15) is 13.2 Å². The Kier molecular flexibility index (Phi) is 5.58. The van der Waals surface area contributed by atoms with Crippen molar-refractivity contribution < 1.29 is 13.2 Å². The van der Waals surface area contributed by atoms with Crippen molar-refractivity contribution >= 4 is 21.7 Å². The molecule has 138 valence electrons. The summed E-state index contributed by atoms with van der Waals surface area (Å²) in [6, 6.07) is 17.3. The van der Waals surface area contributed by atoms with Crippen LogP contribution in [-0.2, 0) is 10.0 Å². The smallest absolute Gasteiger partial charge is 0.321 e. The van der Waals surface area contributed by atoms with Crippen LogP contribution >= 0.6 is 0 Å². The van der Waals surface area contributed by atoms with Crippen LogP contribution in [-0.4, -0.2) is 44.7 Å². The molecule has 1 aliphatic heterocycles. The summed E-state index contributed by atoms with van der Waals surface area (Å²) in [5.41, 5.74) is 2.92. The van der Waals surface area contributed by atoms with Crippen LogP contribution in [0.3, 0.4) is 0 Å². The lowest BCUT2D eigenvalue weighted by Gasteiger charge is -2.32. The molecule has 6 nitrogen and oxygen atoms in total. The van der Waals surface area contributed by atoms with Crippen LogP contribution < -0.4 is 10.0 Å². The van der Waals surface area contributed by atoms with Gasteiger partial charge in [0.15, 0.2) is 0 Å². The SMILES string of the molecule is CS(=O)(=O)N[C@@H]1CCCN(C(=O)Nc2ccc(-c3ccccc3)cc2)C1. The molecule has 0 saturated carbocycles. The van der Waals surface area contributed by atoms with Gasteiger partial charge in [0.05, 0.1) is 6.26 Å². The maximum Gasteiger partial charge on any atom is 0.321 e. The maximum atomic E-state index is 12.5. The third-order valence-corrected chi connectivity index (χ3v) is 5.09. The summed E-state index contributed by atoms with van der Waals surface area (Å²) in [4.78, 5) is 14.1. The molecule has 2 aromatic rings. The lowest BCUT2D eigenvalue weighted by atomic mass is 10.1. The van der Waals surface area contributed by atoms with Gasteiger partial charge in [-0.3, -0.25) is 0 Å². The monoisotopic (exact) mass is 373 g/mol. The quantitative estimate of drug-likeness (QED) is 0.865. The van der Waals surface area contributed by atoms with Gasteiger partial charge in [0.2, 0.25) is 10.0 Å². The number of rotatable bonds is 4. The van der Waals surface area contributed by atoms with Crippen LogP contribution in [0, 0.1) is 0 Å². The summed E-state index contributed by atoms with van der Waals surface area (Å²) in [7, 11) is -3.27. The molecule has 1 atom stereocenters. The maximum absolute atomic E-state index is 12.5. The molecule has 3 rings (SSSR count). The molecule has 0 radical (unpaired) electrons. The van der Waals surface area contributed by atoms with Gasteiger partial charge >= 0.3 is 6.03 Å². The second-order valence-electron chi connectivity index (χ2n) is 6.55. The molecule has 1 heterocycles. The second-order valence-corrected chi connectivity index (χ2v) is 8.33. The van der Waals surface area contributed by atoms with Crippen molar-refractivity contribution in [2.45, 2.75) is 18.9 Å². The number of hydrogen-bond donors (Lipinski definition) is 2. The molecule has 2 amide bonds. The van der Waals surface area contributed by atoms with Gasteiger partial charge in [-0.1, -0.05) is 42.5 Å². The van der Waals surface area contributed by atoms with Crippen molar-refractivity contribution in [2.24, 2.45) is 0 Å². The predicted molar refractivity (Wildman–Crippen MR) is 103 cm³/mol. The van der Waals surface area contributed by atoms with Gasteiger partial charge in [0.25, 0.3) is 0 Å². The first kappa shape index (κ1) is 18.4. The van der Waals surface area contributed by atoms with E-state index in [0.29, 0.717) is 18.8 Å². The Labute approximate surface area is 154 Å². The van der Waals surface area contributed by atoms with Crippen LogP contribution in [0.5, 0.6) is 0 Å². The minimum atomic E-state index is -3.27. The van der Waals surface area contributed by atoms with E-state index in [4.69, 9.17) is 0 Å². The fourth-order valence-electron chi connectivity index (χ4n) is 3.14. The third kappa shape index (κ3) is 5.06. The molecule has 0 aliphatic carbocycles. The lowest BCUT2D eigenvalue weighted by molar-refractivity contribution is 0.190. The topological polar surface area (TPSA) is 78.5 Å². The Balaban J connectivity index is 1.61. The minimum Gasteiger partial charge on any atom is -0.323 e. The summed E-state index contributed by atoms with van der Waals surface area (Å²) in [6.45, 7) is 0.997. The predicted octanol–water partition coefficient (Wildman–Crippen LogP) is 2.90. The number of anilines is 1. The van der Waals surface area contributed by atoms with Crippen molar-refractivity contribution in [1.29, 1.82) is 0 Å². The molecule has 2 aromatic carbocycles. The van der Waals surface area contributed by atoms with Gasteiger partial charge in [0.1, 0.15) is 0 Å². The Morgan fingerprint density at radius 1 is 1.04 bits per heavy atom. The molecule has 26 heavy (non-hydrogen) atoms. The summed E-state index contributed by atoms with van der Waals surface area (Å²) in [6.07, 6.45) is 2.65. The highest BCUT2D eigenvalue weighted by molar-refractivity contribution is 7.88. The molecular weight excluding hydrogens is 350 g/mol. The molecule has 0 spiro atoms. The number of urea groups is 1. The Bertz CT molecular complexity index is 851. The summed E-state index contributed by atoms with van der Waals surface area (Å²) in [5, 5.41) is 2.88. The van der Waals surface area contributed by atoms with E-state index in [1.165, 1.54) is 0 Å². The molecule has 1 aliphatic rings. The molecule has 1 saturated heterocycles. The van der Waals surface area contributed by atoms with Crippen LogP contribution in [0.15, 0.2) is 54.6 Å². The zero-order chi connectivity index (χ0) is 18.6. The van der Waals surface area contributed by atoms with Crippen LogP contribution in [0.25, 0.3) is 11.1 Å². The fourth-order valence-corrected chi connectivity index (χ4v) is 3.94. The van der Waals surface area contributed by atoms with Gasteiger partial charge in [-0.2, -0.15) is 0 Å². The Morgan fingerprint density at radius 3 is 2.35 bits per heavy atom. The number of amides is 2. The van der Waals surface area contributed by atoms with Crippen LogP contribution in [0.1, 0.15) is 12.8 Å². The molecule has 0 unspecified atom stereocenters. The molecule has 1 fully saturated rings. The van der Waals surface area contributed by atoms with E-state index in [1.54, 1.807) is 4.90 Å². The lowest BCUT2D eigenvalue weighted by Crippen LogP contribution is -2.50. The van der Waals surface area contributed by atoms with Crippen molar-refractivity contribution in [2.75, 3.05) is 24.7 Å². The second kappa shape index (κ2) is 7.88. The van der Waals surface area contributed by atoms with E-state index in [-0.39, 0.29) is 12.1 Å². The zero-order valence-corrected chi connectivity index (χ0v) is 15.5. The number of piperidine rings is 1. The largest absolute Gasteiger partial charge is 0.323 e. The molecule has 0 bridgehead atoms. The molecule has 2 N–H and O–H groups in total.